The van der Waals surface area contributed by atoms with Gasteiger partial charge in [0.05, 0.1) is 4.83 Å². The smallest absolute Gasteiger partial charge is 0.251 e. The maximum Gasteiger partial charge on any atom is 0.251 e. The predicted molar refractivity (Wildman–Crippen MR) is 89.4 cm³/mol. The Bertz CT molecular complexity index is 714. The first-order valence-corrected chi connectivity index (χ1v) is 8.17. The van der Waals surface area contributed by atoms with Crippen LogP contribution >= 0.6 is 27.5 Å². The SMILES string of the molecule is Cc1ccc(Cl)cc1C(Br)c1ccc2c(c1)C(=O)NCC2. The summed E-state index contributed by atoms with van der Waals surface area (Å²) in [7, 11) is 0. The van der Waals surface area contributed by atoms with E-state index in [1.165, 1.54) is 5.56 Å². The number of alkyl halides is 1. The van der Waals surface area contributed by atoms with Crippen molar-refractivity contribution in [2.24, 2.45) is 0 Å². The predicted octanol–water partition coefficient (Wildman–Crippen LogP) is 4.42. The van der Waals surface area contributed by atoms with Crippen LogP contribution in [0.3, 0.4) is 0 Å². The Morgan fingerprint density at radius 2 is 2.05 bits per heavy atom. The van der Waals surface area contributed by atoms with Crippen molar-refractivity contribution in [1.82, 2.24) is 5.32 Å². The van der Waals surface area contributed by atoms with Gasteiger partial charge in [0.15, 0.2) is 0 Å². The molecule has 1 unspecified atom stereocenters. The minimum Gasteiger partial charge on any atom is -0.352 e. The molecule has 0 bridgehead atoms. The average molecular weight is 365 g/mol. The fourth-order valence-electron chi connectivity index (χ4n) is 2.65. The van der Waals surface area contributed by atoms with Crippen LogP contribution in [0.25, 0.3) is 0 Å². The van der Waals surface area contributed by atoms with E-state index in [1.807, 2.05) is 24.3 Å². The molecule has 4 heteroatoms. The van der Waals surface area contributed by atoms with Crippen LogP contribution in [0, 0.1) is 6.92 Å². The van der Waals surface area contributed by atoms with Gasteiger partial charge in [0.1, 0.15) is 0 Å². The van der Waals surface area contributed by atoms with Crippen molar-refractivity contribution in [2.45, 2.75) is 18.2 Å². The summed E-state index contributed by atoms with van der Waals surface area (Å²) in [6.07, 6.45) is 0.893. The highest BCUT2D eigenvalue weighted by molar-refractivity contribution is 9.09. The van der Waals surface area contributed by atoms with Gasteiger partial charge in [-0.05, 0) is 53.8 Å². The maximum atomic E-state index is 12.0. The van der Waals surface area contributed by atoms with Crippen LogP contribution < -0.4 is 5.32 Å². The molecule has 1 atom stereocenters. The molecule has 2 aromatic rings. The van der Waals surface area contributed by atoms with E-state index in [0.717, 1.165) is 40.2 Å². The summed E-state index contributed by atoms with van der Waals surface area (Å²) >= 11 is 9.84. The number of hydrogen-bond acceptors (Lipinski definition) is 1. The number of rotatable bonds is 2. The van der Waals surface area contributed by atoms with Gasteiger partial charge < -0.3 is 5.32 Å². The molecular formula is C17H15BrClNO. The molecule has 2 aromatic carbocycles. The standard InChI is InChI=1S/C17H15BrClNO/c1-10-2-5-13(19)9-14(10)16(18)12-4-3-11-6-7-20-17(21)15(11)8-12/h2-5,8-9,16H,6-7H2,1H3,(H,20,21). The molecule has 0 saturated heterocycles. The van der Waals surface area contributed by atoms with Crippen molar-refractivity contribution in [1.29, 1.82) is 0 Å². The van der Waals surface area contributed by atoms with E-state index in [1.54, 1.807) is 0 Å². The first-order chi connectivity index (χ1) is 10.1. The number of carbonyl (C=O) groups is 1. The maximum absolute atomic E-state index is 12.0. The number of halogens is 2. The molecule has 0 saturated carbocycles. The fraction of sp³-hybridized carbons (Fsp3) is 0.235. The lowest BCUT2D eigenvalue weighted by atomic mass is 9.94. The van der Waals surface area contributed by atoms with Crippen molar-refractivity contribution in [3.63, 3.8) is 0 Å². The molecule has 1 amide bonds. The Labute approximate surface area is 137 Å². The Hall–Kier alpha value is -1.32. The van der Waals surface area contributed by atoms with E-state index in [9.17, 15) is 4.79 Å². The van der Waals surface area contributed by atoms with Gasteiger partial charge in [-0.25, -0.2) is 0 Å². The second kappa shape index (κ2) is 5.82. The lowest BCUT2D eigenvalue weighted by molar-refractivity contribution is 0.0946. The zero-order valence-electron chi connectivity index (χ0n) is 11.6. The van der Waals surface area contributed by atoms with Crippen LogP contribution in [0.2, 0.25) is 5.02 Å². The number of aryl methyl sites for hydroxylation is 1. The molecule has 108 valence electrons. The third-order valence-corrected chi connectivity index (χ3v) is 5.12. The lowest BCUT2D eigenvalue weighted by Crippen LogP contribution is -2.31. The van der Waals surface area contributed by atoms with E-state index < -0.39 is 0 Å². The van der Waals surface area contributed by atoms with Crippen molar-refractivity contribution in [3.8, 4) is 0 Å². The summed E-state index contributed by atoms with van der Waals surface area (Å²) in [5, 5.41) is 3.61. The normalized spacial score (nSPS) is 15.3. The Morgan fingerprint density at radius 3 is 2.86 bits per heavy atom. The first-order valence-electron chi connectivity index (χ1n) is 6.87. The third-order valence-electron chi connectivity index (χ3n) is 3.87. The van der Waals surface area contributed by atoms with Crippen molar-refractivity contribution in [2.75, 3.05) is 6.54 Å². The zero-order valence-corrected chi connectivity index (χ0v) is 14.0. The molecule has 1 aliphatic rings. The van der Waals surface area contributed by atoms with Crippen molar-refractivity contribution < 1.29 is 4.79 Å². The Balaban J connectivity index is 2.02. The molecular weight excluding hydrogens is 350 g/mol. The van der Waals surface area contributed by atoms with Gasteiger partial charge in [-0.3, -0.25) is 4.79 Å². The van der Waals surface area contributed by atoms with E-state index >= 15 is 0 Å². The second-order valence-electron chi connectivity index (χ2n) is 5.29. The van der Waals surface area contributed by atoms with Crippen LogP contribution in [0.1, 0.15) is 37.4 Å². The molecule has 0 aliphatic carbocycles. The lowest BCUT2D eigenvalue weighted by Gasteiger charge is -2.20. The van der Waals surface area contributed by atoms with Gasteiger partial charge >= 0.3 is 0 Å². The molecule has 1 N–H and O–H groups in total. The summed E-state index contributed by atoms with van der Waals surface area (Å²) in [6, 6.07) is 12.0. The Morgan fingerprint density at radius 1 is 1.24 bits per heavy atom. The number of carbonyl (C=O) groups excluding carboxylic acids is 1. The van der Waals surface area contributed by atoms with Gasteiger partial charge in [-0.15, -0.1) is 0 Å². The van der Waals surface area contributed by atoms with Crippen molar-refractivity contribution >= 4 is 33.4 Å². The highest BCUT2D eigenvalue weighted by Gasteiger charge is 2.20. The van der Waals surface area contributed by atoms with Gasteiger partial charge in [0.25, 0.3) is 5.91 Å². The van der Waals surface area contributed by atoms with Gasteiger partial charge in [0.2, 0.25) is 0 Å². The van der Waals surface area contributed by atoms with Crippen LogP contribution in [0.4, 0.5) is 0 Å². The second-order valence-corrected chi connectivity index (χ2v) is 6.64. The van der Waals surface area contributed by atoms with Crippen LogP contribution in [-0.2, 0) is 6.42 Å². The number of nitrogens with one attached hydrogen (secondary N) is 1. The van der Waals surface area contributed by atoms with Gasteiger partial charge in [0, 0.05) is 17.1 Å². The molecule has 1 aliphatic heterocycles. The summed E-state index contributed by atoms with van der Waals surface area (Å²) < 4.78 is 0. The average Bonchev–Trinajstić information content (AvgIpc) is 2.49. The van der Waals surface area contributed by atoms with E-state index in [0.29, 0.717) is 0 Å². The highest BCUT2D eigenvalue weighted by Crippen LogP contribution is 2.35. The topological polar surface area (TPSA) is 29.1 Å². The largest absolute Gasteiger partial charge is 0.352 e. The highest BCUT2D eigenvalue weighted by atomic mass is 79.9. The van der Waals surface area contributed by atoms with Gasteiger partial charge in [-0.1, -0.05) is 45.7 Å². The molecule has 0 aromatic heterocycles. The monoisotopic (exact) mass is 363 g/mol. The zero-order chi connectivity index (χ0) is 15.0. The van der Waals surface area contributed by atoms with E-state index in [-0.39, 0.29) is 10.7 Å². The molecule has 3 rings (SSSR count). The number of hydrogen-bond donors (Lipinski definition) is 1. The number of amides is 1. The third kappa shape index (κ3) is 2.85. The molecule has 2 nitrogen and oxygen atoms in total. The quantitative estimate of drug-likeness (QED) is 0.785. The number of fused-ring (bicyclic) bond motifs is 1. The summed E-state index contributed by atoms with van der Waals surface area (Å²) in [4.78, 5) is 12.0. The molecule has 21 heavy (non-hydrogen) atoms. The van der Waals surface area contributed by atoms with E-state index in [4.69, 9.17) is 11.6 Å². The van der Waals surface area contributed by atoms with Crippen LogP contribution in [0.15, 0.2) is 36.4 Å². The summed E-state index contributed by atoms with van der Waals surface area (Å²) in [6.45, 7) is 2.78. The van der Waals surface area contributed by atoms with Crippen LogP contribution in [0.5, 0.6) is 0 Å². The summed E-state index contributed by atoms with van der Waals surface area (Å²) in [5.74, 6) is 0.0145. The molecule has 0 fully saturated rings. The van der Waals surface area contributed by atoms with Gasteiger partial charge in [-0.2, -0.15) is 0 Å². The van der Waals surface area contributed by atoms with Crippen molar-refractivity contribution in [3.05, 3.63) is 69.2 Å². The fourth-order valence-corrected chi connectivity index (χ4v) is 3.61. The summed E-state index contributed by atoms with van der Waals surface area (Å²) in [5.41, 5.74) is 5.26. The number of benzene rings is 2. The minimum atomic E-state index is 0.0145. The van der Waals surface area contributed by atoms with Crippen LogP contribution in [-0.4, -0.2) is 12.5 Å². The Kier molecular flexibility index (Phi) is 4.05. The first kappa shape index (κ1) is 14.6. The minimum absolute atomic E-state index is 0.0145. The molecule has 0 spiro atoms. The molecule has 1 heterocycles. The molecule has 0 radical (unpaired) electrons. The van der Waals surface area contributed by atoms with E-state index in [2.05, 4.69) is 40.3 Å².